The van der Waals surface area contributed by atoms with E-state index in [0.717, 1.165) is 10.0 Å². The molecule has 0 saturated carbocycles. The summed E-state index contributed by atoms with van der Waals surface area (Å²) < 4.78 is 5.45. The van der Waals surface area contributed by atoms with Crippen LogP contribution < -0.4 is 0 Å². The maximum absolute atomic E-state index is 11.1. The van der Waals surface area contributed by atoms with Crippen molar-refractivity contribution in [3.63, 3.8) is 0 Å². The lowest BCUT2D eigenvalue weighted by Gasteiger charge is -2.09. The minimum atomic E-state index is -0.530. The molecule has 84 valence electrons. The monoisotopic (exact) mass is 283 g/mol. The molecule has 0 aliphatic carbocycles. The van der Waals surface area contributed by atoms with Gasteiger partial charge < -0.3 is 4.74 Å². The fraction of sp³-hybridized carbons (Fsp3) is 0.273. The van der Waals surface area contributed by atoms with Crippen molar-refractivity contribution >= 4 is 28.0 Å². The average Bonchev–Trinajstić information content (AvgIpc) is 2.29. The summed E-state index contributed by atoms with van der Waals surface area (Å²) in [6.07, 6.45) is 1.50. The SMILES string of the molecule is COC(=O)CC(N=C=O)c1ccc(Br)cc1. The Morgan fingerprint density at radius 1 is 1.50 bits per heavy atom. The van der Waals surface area contributed by atoms with E-state index in [0.29, 0.717) is 0 Å². The summed E-state index contributed by atoms with van der Waals surface area (Å²) in [6.45, 7) is 0. The van der Waals surface area contributed by atoms with E-state index >= 15 is 0 Å². The van der Waals surface area contributed by atoms with Gasteiger partial charge in [-0.1, -0.05) is 28.1 Å². The normalized spacial score (nSPS) is 11.4. The number of nitrogens with zero attached hydrogens (tertiary/aromatic N) is 1. The molecule has 16 heavy (non-hydrogen) atoms. The molecule has 1 atom stereocenters. The van der Waals surface area contributed by atoms with Crippen molar-refractivity contribution in [1.82, 2.24) is 0 Å². The van der Waals surface area contributed by atoms with Crippen molar-refractivity contribution in [3.05, 3.63) is 34.3 Å². The van der Waals surface area contributed by atoms with Crippen molar-refractivity contribution in [2.24, 2.45) is 4.99 Å². The molecule has 1 rings (SSSR count). The highest BCUT2D eigenvalue weighted by Crippen LogP contribution is 2.23. The van der Waals surface area contributed by atoms with Gasteiger partial charge in [-0.2, -0.15) is 4.99 Å². The van der Waals surface area contributed by atoms with E-state index < -0.39 is 12.0 Å². The van der Waals surface area contributed by atoms with Crippen LogP contribution in [0, 0.1) is 0 Å². The predicted octanol–water partition coefficient (Wildman–Crippen LogP) is 2.39. The molecule has 1 aromatic carbocycles. The Balaban J connectivity index is 2.89. The second-order valence-electron chi connectivity index (χ2n) is 3.07. The van der Waals surface area contributed by atoms with Crippen molar-refractivity contribution in [2.45, 2.75) is 12.5 Å². The summed E-state index contributed by atoms with van der Waals surface area (Å²) in [5, 5.41) is 0. The topological polar surface area (TPSA) is 55.7 Å². The molecule has 0 amide bonds. The smallest absolute Gasteiger partial charge is 0.308 e. The molecule has 1 unspecified atom stereocenters. The Morgan fingerprint density at radius 2 is 2.12 bits per heavy atom. The van der Waals surface area contributed by atoms with E-state index in [1.165, 1.54) is 13.2 Å². The van der Waals surface area contributed by atoms with E-state index in [2.05, 4.69) is 25.7 Å². The van der Waals surface area contributed by atoms with Crippen molar-refractivity contribution < 1.29 is 14.3 Å². The zero-order valence-corrected chi connectivity index (χ0v) is 10.2. The molecule has 0 fully saturated rings. The van der Waals surface area contributed by atoms with Gasteiger partial charge in [0.1, 0.15) is 0 Å². The Bertz CT molecular complexity index is 410. The summed E-state index contributed by atoms with van der Waals surface area (Å²) in [5.41, 5.74) is 0.775. The summed E-state index contributed by atoms with van der Waals surface area (Å²) >= 11 is 3.30. The second kappa shape index (κ2) is 6.20. The minimum absolute atomic E-state index is 0.0351. The molecular formula is C11H10BrNO3. The zero-order valence-electron chi connectivity index (χ0n) is 8.64. The van der Waals surface area contributed by atoms with Gasteiger partial charge in [-0.25, -0.2) is 4.79 Å². The Morgan fingerprint density at radius 3 is 2.62 bits per heavy atom. The molecule has 5 heteroatoms. The van der Waals surface area contributed by atoms with Crippen LogP contribution in [0.4, 0.5) is 0 Å². The molecule has 0 N–H and O–H groups in total. The summed E-state index contributed by atoms with van der Waals surface area (Å²) in [6, 6.07) is 6.69. The Labute approximate surface area is 101 Å². The molecule has 1 aromatic rings. The molecule has 0 radical (unpaired) electrons. The number of carbonyl (C=O) groups excluding carboxylic acids is 2. The van der Waals surface area contributed by atoms with Crippen molar-refractivity contribution in [3.8, 4) is 0 Å². The lowest BCUT2D eigenvalue weighted by Crippen LogP contribution is -2.06. The van der Waals surface area contributed by atoms with Crippen molar-refractivity contribution in [1.29, 1.82) is 0 Å². The van der Waals surface area contributed by atoms with Crippen LogP contribution in [0.25, 0.3) is 0 Å². The number of hydrogen-bond acceptors (Lipinski definition) is 4. The number of carbonyl (C=O) groups is 1. The first-order valence-electron chi connectivity index (χ1n) is 4.56. The van der Waals surface area contributed by atoms with E-state index in [1.54, 1.807) is 12.1 Å². The van der Waals surface area contributed by atoms with Gasteiger partial charge in [-0.05, 0) is 17.7 Å². The minimum Gasteiger partial charge on any atom is -0.469 e. The van der Waals surface area contributed by atoms with E-state index in [9.17, 15) is 9.59 Å². The Kier molecular flexibility index (Phi) is 4.89. The van der Waals surface area contributed by atoms with Gasteiger partial charge in [0.15, 0.2) is 0 Å². The van der Waals surface area contributed by atoms with Gasteiger partial charge in [-0.15, -0.1) is 0 Å². The highest BCUT2D eigenvalue weighted by atomic mass is 79.9. The van der Waals surface area contributed by atoms with Gasteiger partial charge in [0.25, 0.3) is 0 Å². The van der Waals surface area contributed by atoms with Gasteiger partial charge in [0.05, 0.1) is 19.6 Å². The molecule has 0 bridgehead atoms. The van der Waals surface area contributed by atoms with Crippen LogP contribution >= 0.6 is 15.9 Å². The maximum Gasteiger partial charge on any atom is 0.308 e. The van der Waals surface area contributed by atoms with Crippen LogP contribution in [0.3, 0.4) is 0 Å². The highest BCUT2D eigenvalue weighted by Gasteiger charge is 2.15. The molecule has 0 saturated heterocycles. The number of aliphatic imine (C=N–C) groups is 1. The van der Waals surface area contributed by atoms with Crippen LogP contribution in [0.1, 0.15) is 18.0 Å². The Hall–Kier alpha value is -1.45. The molecule has 0 aliphatic heterocycles. The first kappa shape index (κ1) is 12.6. The van der Waals surface area contributed by atoms with Gasteiger partial charge >= 0.3 is 5.97 Å². The van der Waals surface area contributed by atoms with E-state index in [-0.39, 0.29) is 6.42 Å². The second-order valence-corrected chi connectivity index (χ2v) is 3.98. The van der Waals surface area contributed by atoms with E-state index in [4.69, 9.17) is 0 Å². The number of esters is 1. The zero-order chi connectivity index (χ0) is 12.0. The number of ether oxygens (including phenoxy) is 1. The summed E-state index contributed by atoms with van der Waals surface area (Å²) in [4.78, 5) is 25.0. The molecular weight excluding hydrogens is 274 g/mol. The van der Waals surface area contributed by atoms with Crippen LogP contribution in [0.5, 0.6) is 0 Å². The quantitative estimate of drug-likeness (QED) is 0.484. The van der Waals surface area contributed by atoms with Crippen molar-refractivity contribution in [2.75, 3.05) is 7.11 Å². The first-order chi connectivity index (χ1) is 7.67. The van der Waals surface area contributed by atoms with Crippen LogP contribution in [0.15, 0.2) is 33.7 Å². The standard InChI is InChI=1S/C11H10BrNO3/c1-16-11(15)6-10(13-7-14)8-2-4-9(12)5-3-8/h2-5,10H,6H2,1H3. The van der Waals surface area contributed by atoms with Crippen LogP contribution in [-0.4, -0.2) is 19.2 Å². The number of halogens is 1. The summed E-state index contributed by atoms with van der Waals surface area (Å²) in [7, 11) is 1.30. The lowest BCUT2D eigenvalue weighted by atomic mass is 10.0. The maximum atomic E-state index is 11.1. The molecule has 0 spiro atoms. The van der Waals surface area contributed by atoms with Crippen LogP contribution in [0.2, 0.25) is 0 Å². The number of rotatable bonds is 4. The number of benzene rings is 1. The molecule has 0 aliphatic rings. The molecule has 4 nitrogen and oxygen atoms in total. The molecule has 0 heterocycles. The number of methoxy groups -OCH3 is 1. The number of hydrogen-bond donors (Lipinski definition) is 0. The third-order valence-electron chi connectivity index (χ3n) is 2.05. The first-order valence-corrected chi connectivity index (χ1v) is 5.36. The third-order valence-corrected chi connectivity index (χ3v) is 2.58. The van der Waals surface area contributed by atoms with Gasteiger partial charge in [0, 0.05) is 4.47 Å². The van der Waals surface area contributed by atoms with Gasteiger partial charge in [0.2, 0.25) is 6.08 Å². The predicted molar refractivity (Wildman–Crippen MR) is 61.6 cm³/mol. The van der Waals surface area contributed by atoms with E-state index in [1.807, 2.05) is 12.1 Å². The summed E-state index contributed by atoms with van der Waals surface area (Å²) in [5.74, 6) is -0.410. The average molecular weight is 284 g/mol. The third kappa shape index (κ3) is 3.61. The van der Waals surface area contributed by atoms with Crippen LogP contribution in [-0.2, 0) is 14.3 Å². The highest BCUT2D eigenvalue weighted by molar-refractivity contribution is 9.10. The molecule has 0 aromatic heterocycles. The largest absolute Gasteiger partial charge is 0.469 e. The fourth-order valence-corrected chi connectivity index (χ4v) is 1.49. The number of isocyanates is 1. The fourth-order valence-electron chi connectivity index (χ4n) is 1.23. The van der Waals surface area contributed by atoms with Gasteiger partial charge in [-0.3, -0.25) is 4.79 Å². The lowest BCUT2D eigenvalue weighted by molar-refractivity contribution is -0.141.